The van der Waals surface area contributed by atoms with Gasteiger partial charge < -0.3 is 10.2 Å². The highest BCUT2D eigenvalue weighted by Crippen LogP contribution is 2.59. The van der Waals surface area contributed by atoms with Crippen LogP contribution >= 0.6 is 7.59 Å². The highest BCUT2D eigenvalue weighted by Gasteiger charge is 2.39. The van der Waals surface area contributed by atoms with E-state index in [1.54, 1.807) is 0 Å². The smallest absolute Gasteiger partial charge is 0.302 e. The highest BCUT2D eigenvalue weighted by molar-refractivity contribution is 7.66. The number of nitrogens with zero attached hydrogens (tertiary/aromatic N) is 1. The first-order chi connectivity index (χ1) is 15.5. The Morgan fingerprint density at radius 2 is 1.34 bits per heavy atom. The second-order valence-corrected chi connectivity index (χ2v) is 11.3. The fourth-order valence-corrected chi connectivity index (χ4v) is 7.82. The normalized spacial score (nSPS) is 16.9. The first-order valence-electron chi connectivity index (χ1n) is 10.9. The van der Waals surface area contributed by atoms with Gasteiger partial charge in [-0.3, -0.25) is 4.34 Å². The van der Waals surface area contributed by atoms with Crippen molar-refractivity contribution in [3.05, 3.63) is 96.1 Å². The first-order valence-corrected chi connectivity index (χ1v) is 12.6. The summed E-state index contributed by atoms with van der Waals surface area (Å²) in [5, 5.41) is 8.86. The zero-order valence-electron chi connectivity index (χ0n) is 17.9. The van der Waals surface area contributed by atoms with Gasteiger partial charge in [0.1, 0.15) is 0 Å². The maximum absolute atomic E-state index is 14.4. The molecule has 2 heterocycles. The maximum atomic E-state index is 14.4. The van der Waals surface area contributed by atoms with Crippen molar-refractivity contribution in [1.82, 2.24) is 4.34 Å². The van der Waals surface area contributed by atoms with Gasteiger partial charge >= 0.3 is 7.59 Å². The lowest BCUT2D eigenvalue weighted by atomic mass is 9.82. The van der Waals surface area contributed by atoms with Crippen LogP contribution in [-0.4, -0.2) is 4.34 Å². The molecule has 0 amide bonds. The van der Waals surface area contributed by atoms with Crippen LogP contribution in [0.3, 0.4) is 0 Å². The van der Waals surface area contributed by atoms with Gasteiger partial charge in [0.05, 0.1) is 22.4 Å². The molecule has 4 nitrogen and oxygen atoms in total. The van der Waals surface area contributed by atoms with Crippen LogP contribution in [0.2, 0.25) is 0 Å². The van der Waals surface area contributed by atoms with Gasteiger partial charge in [0.15, 0.2) is 0 Å². The van der Waals surface area contributed by atoms with Crippen LogP contribution in [0.1, 0.15) is 25.0 Å². The number of fused-ring (bicyclic) bond motifs is 7. The fraction of sp³-hybridized carbons (Fsp3) is 0.111. The van der Waals surface area contributed by atoms with Crippen molar-refractivity contribution in [3.8, 4) is 11.1 Å². The Morgan fingerprint density at radius 1 is 0.688 bits per heavy atom. The molecule has 2 aliphatic rings. The van der Waals surface area contributed by atoms with E-state index in [-0.39, 0.29) is 5.41 Å². The molecule has 156 valence electrons. The van der Waals surface area contributed by atoms with E-state index in [4.69, 9.17) is 0 Å². The van der Waals surface area contributed by atoms with Crippen molar-refractivity contribution in [1.29, 1.82) is 0 Å². The molecular weight excluding hydrogens is 413 g/mol. The van der Waals surface area contributed by atoms with Crippen molar-refractivity contribution >= 4 is 40.8 Å². The van der Waals surface area contributed by atoms with E-state index in [9.17, 15) is 4.57 Å². The summed E-state index contributed by atoms with van der Waals surface area (Å²) in [5.41, 5.74) is 8.77. The molecule has 0 saturated heterocycles. The summed E-state index contributed by atoms with van der Waals surface area (Å²) in [7, 11) is -3.17. The number of hydrogen-bond donors (Lipinski definition) is 2. The van der Waals surface area contributed by atoms with Gasteiger partial charge in [-0.1, -0.05) is 68.4 Å². The van der Waals surface area contributed by atoms with E-state index >= 15 is 0 Å². The van der Waals surface area contributed by atoms with E-state index in [2.05, 4.69) is 78.6 Å². The maximum Gasteiger partial charge on any atom is 0.359 e. The third-order valence-electron chi connectivity index (χ3n) is 7.10. The summed E-state index contributed by atoms with van der Waals surface area (Å²) >= 11 is 0. The van der Waals surface area contributed by atoms with Crippen LogP contribution in [0.5, 0.6) is 0 Å². The summed E-state index contributed by atoms with van der Waals surface area (Å²) < 4.78 is 16.4. The van der Waals surface area contributed by atoms with Gasteiger partial charge in [-0.2, -0.15) is 0 Å². The number of aromatic nitrogens is 1. The first kappa shape index (κ1) is 18.1. The van der Waals surface area contributed by atoms with Gasteiger partial charge in [0.2, 0.25) is 0 Å². The van der Waals surface area contributed by atoms with Crippen molar-refractivity contribution in [2.24, 2.45) is 0 Å². The van der Waals surface area contributed by atoms with Gasteiger partial charge in [-0.05, 0) is 52.6 Å². The molecule has 2 N–H and O–H groups in total. The quantitative estimate of drug-likeness (QED) is 0.267. The van der Waals surface area contributed by atoms with E-state index in [1.165, 1.54) is 22.3 Å². The number of para-hydroxylation sites is 3. The van der Waals surface area contributed by atoms with E-state index in [0.717, 1.165) is 33.2 Å². The van der Waals surface area contributed by atoms with Crippen molar-refractivity contribution in [3.63, 3.8) is 0 Å². The molecular formula is C27H22N3OP. The Hall–Kier alpha value is -3.49. The Morgan fingerprint density at radius 3 is 2.12 bits per heavy atom. The Labute approximate surface area is 186 Å². The molecule has 0 fully saturated rings. The largest absolute Gasteiger partial charge is 0.359 e. The predicted molar refractivity (Wildman–Crippen MR) is 134 cm³/mol. The Kier molecular flexibility index (Phi) is 3.31. The second-order valence-electron chi connectivity index (χ2n) is 9.26. The van der Waals surface area contributed by atoms with Gasteiger partial charge in [0.25, 0.3) is 0 Å². The van der Waals surface area contributed by atoms with Crippen LogP contribution in [-0.2, 0) is 9.98 Å². The molecule has 32 heavy (non-hydrogen) atoms. The minimum Gasteiger partial charge on any atom is -0.302 e. The molecule has 0 radical (unpaired) electrons. The Balaban J connectivity index is 1.57. The van der Waals surface area contributed by atoms with Crippen LogP contribution in [0.15, 0.2) is 84.9 Å². The molecule has 0 unspecified atom stereocenters. The molecule has 5 aromatic rings. The van der Waals surface area contributed by atoms with Crippen LogP contribution in [0, 0.1) is 0 Å². The summed E-state index contributed by atoms with van der Waals surface area (Å²) in [4.78, 5) is 0. The lowest BCUT2D eigenvalue weighted by Gasteiger charge is -2.22. The van der Waals surface area contributed by atoms with Crippen molar-refractivity contribution in [2.75, 3.05) is 10.2 Å². The number of rotatable bonds is 1. The van der Waals surface area contributed by atoms with E-state index < -0.39 is 7.59 Å². The standard InChI is InChI=1S/C27H22N3OP/c1-27(2)21-11-5-3-9-17(21)19-15-20-18-10-4-8-14-25(18)30(26(20)16-22(19)27)32(31)28-23-12-6-7-13-24(23)29-32/h3-16H,1-2H3,(H2,28,29,31). The molecule has 0 spiro atoms. The number of anilines is 2. The van der Waals surface area contributed by atoms with Crippen molar-refractivity contribution < 1.29 is 4.57 Å². The van der Waals surface area contributed by atoms with Gasteiger partial charge in [0, 0.05) is 16.2 Å². The fourth-order valence-electron chi connectivity index (χ4n) is 5.58. The lowest BCUT2D eigenvalue weighted by Crippen LogP contribution is -2.15. The topological polar surface area (TPSA) is 46.1 Å². The summed E-state index contributed by atoms with van der Waals surface area (Å²) in [6.07, 6.45) is 0. The molecule has 4 aromatic carbocycles. The molecule has 1 aliphatic heterocycles. The average molecular weight is 435 g/mol. The van der Waals surface area contributed by atoms with Crippen LogP contribution < -0.4 is 10.2 Å². The zero-order chi connectivity index (χ0) is 21.7. The third-order valence-corrected chi connectivity index (χ3v) is 9.19. The van der Waals surface area contributed by atoms with Crippen molar-refractivity contribution in [2.45, 2.75) is 19.3 Å². The lowest BCUT2D eigenvalue weighted by molar-refractivity contribution is 0.578. The monoisotopic (exact) mass is 435 g/mol. The minimum absolute atomic E-state index is 0.116. The third kappa shape index (κ3) is 2.15. The number of hydrogen-bond acceptors (Lipinski definition) is 1. The summed E-state index contributed by atoms with van der Waals surface area (Å²) in [5.74, 6) is 0. The van der Waals surface area contributed by atoms with Gasteiger partial charge in [-0.15, -0.1) is 0 Å². The molecule has 0 bridgehead atoms. The molecule has 1 aromatic heterocycles. The zero-order valence-corrected chi connectivity index (χ0v) is 18.8. The number of benzene rings is 4. The van der Waals surface area contributed by atoms with Crippen LogP contribution in [0.25, 0.3) is 32.9 Å². The molecule has 7 rings (SSSR count). The van der Waals surface area contributed by atoms with Gasteiger partial charge in [-0.25, -0.2) is 4.57 Å². The second kappa shape index (κ2) is 5.85. The van der Waals surface area contributed by atoms with E-state index in [1.807, 2.05) is 34.7 Å². The Bertz CT molecular complexity index is 1620. The highest BCUT2D eigenvalue weighted by atomic mass is 31.2. The minimum atomic E-state index is -3.17. The SMILES string of the molecule is CC1(C)c2ccccc2-c2cc3c4ccccc4n(P4(=O)Nc5ccccc5N4)c3cc21. The van der Waals surface area contributed by atoms with E-state index in [0.29, 0.717) is 0 Å². The van der Waals surface area contributed by atoms with Crippen LogP contribution in [0.4, 0.5) is 11.4 Å². The predicted octanol–water partition coefficient (Wildman–Crippen LogP) is 7.59. The molecule has 0 atom stereocenters. The average Bonchev–Trinajstić information content (AvgIpc) is 3.39. The summed E-state index contributed by atoms with van der Waals surface area (Å²) in [6.45, 7) is 4.56. The summed E-state index contributed by atoms with van der Waals surface area (Å²) in [6, 6.07) is 29.3. The number of nitrogens with one attached hydrogen (secondary N) is 2. The molecule has 0 saturated carbocycles. The molecule has 1 aliphatic carbocycles. The molecule has 5 heteroatoms.